The number of amides is 1. The maximum Gasteiger partial charge on any atom is 0.253 e. The number of nitrogens with zero attached hydrogens (tertiary/aromatic N) is 4. The van der Waals surface area contributed by atoms with E-state index in [9.17, 15) is 4.79 Å². The standard InChI is InChI=1S/C20H22N4OS/c1-14-7-5-6-8-18(14)24-15(2)21-22-20(24)26-13-16-9-11-17(12-10-16)19(25)23(3)4/h5-12H,13H2,1-4H3. The first-order valence-electron chi connectivity index (χ1n) is 8.39. The van der Waals surface area contributed by atoms with E-state index in [4.69, 9.17) is 0 Å². The lowest BCUT2D eigenvalue weighted by Gasteiger charge is -2.12. The first-order chi connectivity index (χ1) is 12.5. The SMILES string of the molecule is Cc1ccccc1-n1c(C)nnc1SCc1ccc(C(=O)N(C)C)cc1. The van der Waals surface area contributed by atoms with Gasteiger partial charge in [-0.25, -0.2) is 0 Å². The Morgan fingerprint density at radius 3 is 2.38 bits per heavy atom. The molecule has 0 unspecified atom stereocenters. The molecule has 0 bridgehead atoms. The van der Waals surface area contributed by atoms with Gasteiger partial charge in [0.25, 0.3) is 5.91 Å². The number of hydrogen-bond donors (Lipinski definition) is 0. The van der Waals surface area contributed by atoms with E-state index in [0.717, 1.165) is 28.0 Å². The van der Waals surface area contributed by atoms with Crippen molar-refractivity contribution in [3.8, 4) is 5.69 Å². The third kappa shape index (κ3) is 3.80. The number of aryl methyl sites for hydroxylation is 2. The van der Waals surface area contributed by atoms with E-state index >= 15 is 0 Å². The molecule has 0 saturated heterocycles. The van der Waals surface area contributed by atoms with Gasteiger partial charge in [0, 0.05) is 25.4 Å². The number of thioether (sulfide) groups is 1. The minimum absolute atomic E-state index is 0.0131. The molecule has 0 aliphatic heterocycles. The lowest BCUT2D eigenvalue weighted by Crippen LogP contribution is -2.21. The van der Waals surface area contributed by atoms with Crippen LogP contribution in [0.25, 0.3) is 5.69 Å². The average Bonchev–Trinajstić information content (AvgIpc) is 3.00. The molecule has 0 spiro atoms. The summed E-state index contributed by atoms with van der Waals surface area (Å²) in [6, 6.07) is 15.9. The average molecular weight is 366 g/mol. The van der Waals surface area contributed by atoms with Crippen LogP contribution in [0.2, 0.25) is 0 Å². The molecule has 0 saturated carbocycles. The fourth-order valence-corrected chi connectivity index (χ4v) is 3.62. The summed E-state index contributed by atoms with van der Waals surface area (Å²) in [7, 11) is 3.51. The number of carbonyl (C=O) groups excluding carboxylic acids is 1. The van der Waals surface area contributed by atoms with Crippen LogP contribution in [-0.2, 0) is 5.75 Å². The highest BCUT2D eigenvalue weighted by Crippen LogP contribution is 2.26. The zero-order valence-electron chi connectivity index (χ0n) is 15.4. The molecule has 0 aliphatic carbocycles. The Labute approximate surface area is 158 Å². The summed E-state index contributed by atoms with van der Waals surface area (Å²) in [5, 5.41) is 9.44. The number of aromatic nitrogens is 3. The van der Waals surface area contributed by atoms with E-state index in [-0.39, 0.29) is 5.91 Å². The largest absolute Gasteiger partial charge is 0.345 e. The molecule has 0 N–H and O–H groups in total. The van der Waals surface area contributed by atoms with E-state index < -0.39 is 0 Å². The highest BCUT2D eigenvalue weighted by Gasteiger charge is 2.13. The van der Waals surface area contributed by atoms with Gasteiger partial charge in [0.1, 0.15) is 5.82 Å². The molecule has 5 nitrogen and oxygen atoms in total. The van der Waals surface area contributed by atoms with Gasteiger partial charge in [-0.2, -0.15) is 0 Å². The maximum absolute atomic E-state index is 12.0. The van der Waals surface area contributed by atoms with Crippen molar-refractivity contribution in [1.29, 1.82) is 0 Å². The monoisotopic (exact) mass is 366 g/mol. The molecule has 26 heavy (non-hydrogen) atoms. The molecule has 2 aromatic carbocycles. The molecule has 0 aliphatic rings. The van der Waals surface area contributed by atoms with Crippen LogP contribution in [0.3, 0.4) is 0 Å². The van der Waals surface area contributed by atoms with Crippen LogP contribution in [0, 0.1) is 13.8 Å². The van der Waals surface area contributed by atoms with Crippen molar-refractivity contribution < 1.29 is 4.79 Å². The van der Waals surface area contributed by atoms with Crippen molar-refractivity contribution in [2.24, 2.45) is 0 Å². The Morgan fingerprint density at radius 2 is 1.73 bits per heavy atom. The second-order valence-corrected chi connectivity index (χ2v) is 7.28. The van der Waals surface area contributed by atoms with Crippen molar-refractivity contribution in [3.63, 3.8) is 0 Å². The van der Waals surface area contributed by atoms with Gasteiger partial charge in [0.15, 0.2) is 5.16 Å². The summed E-state index contributed by atoms with van der Waals surface area (Å²) in [5.74, 6) is 1.65. The molecule has 0 fully saturated rings. The Hall–Kier alpha value is -2.60. The summed E-state index contributed by atoms with van der Waals surface area (Å²) >= 11 is 1.64. The van der Waals surface area contributed by atoms with Gasteiger partial charge in [0.05, 0.1) is 5.69 Å². The quantitative estimate of drug-likeness (QED) is 0.643. The van der Waals surface area contributed by atoms with Crippen LogP contribution in [0.15, 0.2) is 53.7 Å². The second kappa shape index (κ2) is 7.74. The Bertz CT molecular complexity index is 916. The van der Waals surface area contributed by atoms with E-state index in [1.54, 1.807) is 30.8 Å². The van der Waals surface area contributed by atoms with Crippen molar-refractivity contribution in [1.82, 2.24) is 19.7 Å². The minimum Gasteiger partial charge on any atom is -0.345 e. The van der Waals surface area contributed by atoms with Crippen LogP contribution in [0.5, 0.6) is 0 Å². The molecule has 1 amide bonds. The first-order valence-corrected chi connectivity index (χ1v) is 9.37. The summed E-state index contributed by atoms with van der Waals surface area (Å²) < 4.78 is 2.09. The smallest absolute Gasteiger partial charge is 0.253 e. The third-order valence-corrected chi connectivity index (χ3v) is 5.13. The molecular formula is C20H22N4OS. The lowest BCUT2D eigenvalue weighted by molar-refractivity contribution is 0.0827. The summed E-state index contributed by atoms with van der Waals surface area (Å²) in [6.07, 6.45) is 0. The molecule has 3 aromatic rings. The predicted molar refractivity (Wildman–Crippen MR) is 105 cm³/mol. The van der Waals surface area contributed by atoms with E-state index in [1.165, 1.54) is 5.56 Å². The molecule has 1 heterocycles. The van der Waals surface area contributed by atoms with Gasteiger partial charge in [-0.05, 0) is 43.2 Å². The molecule has 0 radical (unpaired) electrons. The fraction of sp³-hybridized carbons (Fsp3) is 0.250. The fourth-order valence-electron chi connectivity index (χ4n) is 2.68. The number of carbonyl (C=O) groups is 1. The summed E-state index contributed by atoms with van der Waals surface area (Å²) in [6.45, 7) is 4.05. The minimum atomic E-state index is 0.0131. The molecule has 6 heteroatoms. The maximum atomic E-state index is 12.0. The van der Waals surface area contributed by atoms with Crippen molar-refractivity contribution in [2.75, 3.05) is 14.1 Å². The summed E-state index contributed by atoms with van der Waals surface area (Å²) in [5.41, 5.74) is 4.12. The third-order valence-electron chi connectivity index (χ3n) is 4.13. The first kappa shape index (κ1) is 18.2. The molecule has 1 aromatic heterocycles. The number of para-hydroxylation sites is 1. The van der Waals surface area contributed by atoms with Gasteiger partial charge < -0.3 is 4.90 Å². The van der Waals surface area contributed by atoms with Crippen molar-refractivity contribution >= 4 is 17.7 Å². The number of rotatable bonds is 5. The molecule has 134 valence electrons. The van der Waals surface area contributed by atoms with Crippen LogP contribution in [0.4, 0.5) is 0 Å². The van der Waals surface area contributed by atoms with Crippen LogP contribution in [0.1, 0.15) is 27.3 Å². The highest BCUT2D eigenvalue weighted by atomic mass is 32.2. The Kier molecular flexibility index (Phi) is 5.42. The Morgan fingerprint density at radius 1 is 1.04 bits per heavy atom. The van der Waals surface area contributed by atoms with E-state index in [2.05, 4.69) is 33.8 Å². The highest BCUT2D eigenvalue weighted by molar-refractivity contribution is 7.98. The lowest BCUT2D eigenvalue weighted by atomic mass is 10.1. The van der Waals surface area contributed by atoms with Gasteiger partial charge in [-0.15, -0.1) is 10.2 Å². The molecule has 3 rings (SSSR count). The zero-order valence-corrected chi connectivity index (χ0v) is 16.2. The van der Waals surface area contributed by atoms with Crippen LogP contribution in [-0.4, -0.2) is 39.7 Å². The molecule has 0 atom stereocenters. The predicted octanol–water partition coefficient (Wildman–Crippen LogP) is 3.88. The van der Waals surface area contributed by atoms with Gasteiger partial charge in [-0.3, -0.25) is 9.36 Å². The Balaban J connectivity index is 1.77. The van der Waals surface area contributed by atoms with Crippen molar-refractivity contribution in [2.45, 2.75) is 24.8 Å². The zero-order chi connectivity index (χ0) is 18.7. The van der Waals surface area contributed by atoms with Gasteiger partial charge in [-0.1, -0.05) is 42.1 Å². The van der Waals surface area contributed by atoms with Crippen LogP contribution < -0.4 is 0 Å². The normalized spacial score (nSPS) is 10.8. The second-order valence-electron chi connectivity index (χ2n) is 6.34. The van der Waals surface area contributed by atoms with Gasteiger partial charge in [0.2, 0.25) is 0 Å². The molecular weight excluding hydrogens is 344 g/mol. The van der Waals surface area contributed by atoms with Crippen molar-refractivity contribution in [3.05, 3.63) is 71.0 Å². The topological polar surface area (TPSA) is 51.0 Å². The number of hydrogen-bond acceptors (Lipinski definition) is 4. The summed E-state index contributed by atoms with van der Waals surface area (Å²) in [4.78, 5) is 13.6. The van der Waals surface area contributed by atoms with E-state index in [1.807, 2.05) is 43.3 Å². The van der Waals surface area contributed by atoms with E-state index in [0.29, 0.717) is 5.56 Å². The van der Waals surface area contributed by atoms with Gasteiger partial charge >= 0.3 is 0 Å². The van der Waals surface area contributed by atoms with Crippen LogP contribution >= 0.6 is 11.8 Å². The number of benzene rings is 2.